The molecule has 0 spiro atoms. The van der Waals surface area contributed by atoms with E-state index in [4.69, 9.17) is 19.4 Å². The van der Waals surface area contributed by atoms with Gasteiger partial charge in [-0.3, -0.25) is 0 Å². The fourth-order valence-corrected chi connectivity index (χ4v) is 6.53. The summed E-state index contributed by atoms with van der Waals surface area (Å²) in [6.07, 6.45) is 0. The topological polar surface area (TPSA) is 51.8 Å². The fraction of sp³-hybridized carbons (Fsp3) is 0.0227. The molecule has 0 amide bonds. The van der Waals surface area contributed by atoms with E-state index in [0.29, 0.717) is 17.5 Å². The summed E-state index contributed by atoms with van der Waals surface area (Å²) < 4.78 is 6.28. The molecule has 9 aromatic rings. The fourth-order valence-electron chi connectivity index (χ4n) is 6.53. The maximum absolute atomic E-state index is 6.28. The molecule has 0 saturated carbocycles. The average Bonchev–Trinajstić information content (AvgIpc) is 3.56. The van der Waals surface area contributed by atoms with E-state index in [1.165, 1.54) is 10.9 Å². The van der Waals surface area contributed by atoms with E-state index in [-0.39, 0.29) is 0 Å². The van der Waals surface area contributed by atoms with Crippen LogP contribution in [0.2, 0.25) is 0 Å². The average molecular weight is 616 g/mol. The number of hydrogen-bond acceptors (Lipinski definition) is 4. The number of benzene rings is 7. The number of furan rings is 1. The molecule has 0 saturated heterocycles. The van der Waals surface area contributed by atoms with Gasteiger partial charge in [-0.05, 0) is 57.6 Å². The summed E-state index contributed by atoms with van der Waals surface area (Å²) in [6, 6.07) is 54.6. The van der Waals surface area contributed by atoms with Crippen LogP contribution in [0.4, 0.5) is 0 Å². The lowest BCUT2D eigenvalue weighted by Crippen LogP contribution is -2.00. The van der Waals surface area contributed by atoms with Gasteiger partial charge in [0.15, 0.2) is 17.5 Å². The molecule has 0 aliphatic carbocycles. The summed E-state index contributed by atoms with van der Waals surface area (Å²) >= 11 is 0. The number of hydrogen-bond donors (Lipinski definition) is 0. The van der Waals surface area contributed by atoms with Gasteiger partial charge in [-0.25, -0.2) is 15.0 Å². The zero-order chi connectivity index (χ0) is 32.0. The summed E-state index contributed by atoms with van der Waals surface area (Å²) in [5.74, 6) is 1.91. The standard InChI is InChI=1S/C44H29N3O/c1-28-15-26-37(40-38-13-7-8-14-39(38)48-41(28)40)32-19-23-34(24-20-32)43-45-42(33-21-16-31(17-22-33)29-9-3-2-4-10-29)46-44(47-43)36-25-18-30-11-5-6-12-35(30)27-36/h2-27H,1H3. The Morgan fingerprint density at radius 2 is 0.958 bits per heavy atom. The largest absolute Gasteiger partial charge is 0.456 e. The SMILES string of the molecule is Cc1ccc(-c2ccc(-c3nc(-c4ccc(-c5ccccc5)cc4)nc(-c4ccc5ccccc5c4)n3)cc2)c2c1oc1ccccc12. The van der Waals surface area contributed by atoms with E-state index >= 15 is 0 Å². The van der Waals surface area contributed by atoms with Gasteiger partial charge in [0.2, 0.25) is 0 Å². The molecule has 4 nitrogen and oxygen atoms in total. The van der Waals surface area contributed by atoms with Crippen LogP contribution in [-0.2, 0) is 0 Å². The van der Waals surface area contributed by atoms with Gasteiger partial charge in [0.05, 0.1) is 0 Å². The summed E-state index contributed by atoms with van der Waals surface area (Å²) in [4.78, 5) is 15.1. The molecular formula is C44H29N3O. The highest BCUT2D eigenvalue weighted by Crippen LogP contribution is 2.39. The molecule has 0 atom stereocenters. The Morgan fingerprint density at radius 3 is 1.69 bits per heavy atom. The van der Waals surface area contributed by atoms with E-state index < -0.39 is 0 Å². The van der Waals surface area contributed by atoms with Gasteiger partial charge in [0.1, 0.15) is 11.2 Å². The van der Waals surface area contributed by atoms with Gasteiger partial charge < -0.3 is 4.42 Å². The highest BCUT2D eigenvalue weighted by Gasteiger charge is 2.16. The molecule has 226 valence electrons. The van der Waals surface area contributed by atoms with Crippen molar-refractivity contribution in [1.82, 2.24) is 15.0 Å². The molecule has 0 N–H and O–H groups in total. The Labute approximate surface area is 278 Å². The Kier molecular flexibility index (Phi) is 6.65. The lowest BCUT2D eigenvalue weighted by molar-refractivity contribution is 0.666. The van der Waals surface area contributed by atoms with Crippen molar-refractivity contribution < 1.29 is 4.42 Å². The van der Waals surface area contributed by atoms with Gasteiger partial charge in [-0.15, -0.1) is 0 Å². The summed E-state index contributed by atoms with van der Waals surface area (Å²) in [5, 5.41) is 4.58. The van der Waals surface area contributed by atoms with Crippen molar-refractivity contribution >= 4 is 32.7 Å². The molecule has 9 rings (SSSR count). The molecule has 2 aromatic heterocycles. The molecule has 2 heterocycles. The number of rotatable bonds is 5. The van der Waals surface area contributed by atoms with Crippen molar-refractivity contribution in [2.45, 2.75) is 6.92 Å². The maximum Gasteiger partial charge on any atom is 0.164 e. The molecule has 0 fully saturated rings. The van der Waals surface area contributed by atoms with Crippen molar-refractivity contribution in [2.75, 3.05) is 0 Å². The Hall–Kier alpha value is -6.39. The first-order valence-electron chi connectivity index (χ1n) is 16.1. The van der Waals surface area contributed by atoms with Crippen LogP contribution in [0.5, 0.6) is 0 Å². The van der Waals surface area contributed by atoms with Gasteiger partial charge in [0.25, 0.3) is 0 Å². The van der Waals surface area contributed by atoms with Gasteiger partial charge in [0, 0.05) is 27.5 Å². The molecule has 7 aromatic carbocycles. The van der Waals surface area contributed by atoms with Crippen LogP contribution >= 0.6 is 0 Å². The minimum absolute atomic E-state index is 0.629. The van der Waals surface area contributed by atoms with Crippen LogP contribution < -0.4 is 0 Å². The number of aromatic nitrogens is 3. The second-order valence-electron chi connectivity index (χ2n) is 12.1. The zero-order valence-corrected chi connectivity index (χ0v) is 26.3. The molecule has 0 radical (unpaired) electrons. The third-order valence-corrected chi connectivity index (χ3v) is 9.07. The summed E-state index contributed by atoms with van der Waals surface area (Å²) in [5.41, 5.74) is 10.3. The number of para-hydroxylation sites is 1. The number of aryl methyl sites for hydroxylation is 1. The lowest BCUT2D eigenvalue weighted by Gasteiger charge is -2.11. The van der Waals surface area contributed by atoms with E-state index in [9.17, 15) is 0 Å². The maximum atomic E-state index is 6.28. The van der Waals surface area contributed by atoms with Crippen molar-refractivity contribution in [2.24, 2.45) is 0 Å². The van der Waals surface area contributed by atoms with Crippen molar-refractivity contribution in [1.29, 1.82) is 0 Å². The normalized spacial score (nSPS) is 11.4. The van der Waals surface area contributed by atoms with Crippen LogP contribution in [0.1, 0.15) is 5.56 Å². The smallest absolute Gasteiger partial charge is 0.164 e. The van der Waals surface area contributed by atoms with Crippen molar-refractivity contribution in [3.63, 3.8) is 0 Å². The summed E-state index contributed by atoms with van der Waals surface area (Å²) in [7, 11) is 0. The quantitative estimate of drug-likeness (QED) is 0.193. The van der Waals surface area contributed by atoms with Crippen LogP contribution in [0.25, 0.3) is 89.1 Å². The van der Waals surface area contributed by atoms with E-state index in [1.807, 2.05) is 18.2 Å². The van der Waals surface area contributed by atoms with Gasteiger partial charge in [-0.1, -0.05) is 146 Å². The molecule has 0 aliphatic rings. The first-order chi connectivity index (χ1) is 23.7. The van der Waals surface area contributed by atoms with Crippen molar-refractivity contribution in [3.8, 4) is 56.4 Å². The molecular weight excluding hydrogens is 587 g/mol. The number of fused-ring (bicyclic) bond motifs is 4. The zero-order valence-electron chi connectivity index (χ0n) is 26.3. The van der Waals surface area contributed by atoms with Gasteiger partial charge in [-0.2, -0.15) is 0 Å². The predicted molar refractivity (Wildman–Crippen MR) is 197 cm³/mol. The molecule has 0 aliphatic heterocycles. The minimum Gasteiger partial charge on any atom is -0.456 e. The van der Waals surface area contributed by atoms with Crippen LogP contribution in [0.3, 0.4) is 0 Å². The first-order valence-corrected chi connectivity index (χ1v) is 16.1. The third kappa shape index (κ3) is 4.91. The Balaban J connectivity index is 1.15. The molecule has 0 unspecified atom stereocenters. The van der Waals surface area contributed by atoms with E-state index in [0.717, 1.165) is 66.3 Å². The predicted octanol–water partition coefficient (Wildman–Crippen LogP) is 11.6. The third-order valence-electron chi connectivity index (χ3n) is 9.07. The van der Waals surface area contributed by atoms with Crippen LogP contribution in [-0.4, -0.2) is 15.0 Å². The minimum atomic E-state index is 0.629. The van der Waals surface area contributed by atoms with Crippen molar-refractivity contribution in [3.05, 3.63) is 163 Å². The highest BCUT2D eigenvalue weighted by atomic mass is 16.3. The van der Waals surface area contributed by atoms with Crippen LogP contribution in [0.15, 0.2) is 162 Å². The second kappa shape index (κ2) is 11.4. The molecule has 4 heteroatoms. The van der Waals surface area contributed by atoms with E-state index in [2.05, 4.69) is 146 Å². The Bertz CT molecular complexity index is 2600. The molecule has 0 bridgehead atoms. The Morgan fingerprint density at radius 1 is 0.417 bits per heavy atom. The molecule has 48 heavy (non-hydrogen) atoms. The van der Waals surface area contributed by atoms with Crippen LogP contribution in [0, 0.1) is 6.92 Å². The van der Waals surface area contributed by atoms with Gasteiger partial charge >= 0.3 is 0 Å². The second-order valence-corrected chi connectivity index (χ2v) is 12.1. The monoisotopic (exact) mass is 615 g/mol. The first kappa shape index (κ1) is 27.9. The summed E-state index contributed by atoms with van der Waals surface area (Å²) in [6.45, 7) is 2.10. The van der Waals surface area contributed by atoms with E-state index in [1.54, 1.807) is 0 Å². The number of nitrogens with zero attached hydrogens (tertiary/aromatic N) is 3. The highest BCUT2D eigenvalue weighted by molar-refractivity contribution is 6.13. The lowest BCUT2D eigenvalue weighted by atomic mass is 9.97.